The van der Waals surface area contributed by atoms with Gasteiger partial charge < -0.3 is 9.84 Å². The highest BCUT2D eigenvalue weighted by Crippen LogP contribution is 2.31. The molecule has 0 bridgehead atoms. The number of phenols is 1. The molecule has 0 radical (unpaired) electrons. The fraction of sp³-hybridized carbons (Fsp3) is 0.138. The lowest BCUT2D eigenvalue weighted by molar-refractivity contribution is -0.113. The van der Waals surface area contributed by atoms with Gasteiger partial charge in [-0.05, 0) is 49.8 Å². The van der Waals surface area contributed by atoms with E-state index in [4.69, 9.17) is 4.74 Å². The van der Waals surface area contributed by atoms with Crippen molar-refractivity contribution < 1.29 is 14.6 Å². The van der Waals surface area contributed by atoms with Crippen molar-refractivity contribution in [1.82, 2.24) is 9.36 Å². The van der Waals surface area contributed by atoms with Gasteiger partial charge in [0.15, 0.2) is 11.5 Å². The van der Waals surface area contributed by atoms with Gasteiger partial charge in [-0.2, -0.15) is 0 Å². The van der Waals surface area contributed by atoms with Crippen LogP contribution in [-0.4, -0.2) is 32.8 Å². The van der Waals surface area contributed by atoms with Gasteiger partial charge in [-0.15, -0.1) is 0 Å². The van der Waals surface area contributed by atoms with Crippen LogP contribution >= 0.6 is 0 Å². The third-order valence-electron chi connectivity index (χ3n) is 6.23. The van der Waals surface area contributed by atoms with Gasteiger partial charge in [-0.25, -0.2) is 9.67 Å². The maximum atomic E-state index is 13.8. The molecule has 3 aromatic carbocycles. The van der Waals surface area contributed by atoms with Gasteiger partial charge in [0.2, 0.25) is 0 Å². The van der Waals surface area contributed by atoms with E-state index in [1.165, 1.54) is 15.6 Å². The molecule has 1 aliphatic heterocycles. The Morgan fingerprint density at radius 2 is 1.65 bits per heavy atom. The first-order valence-electron chi connectivity index (χ1n) is 11.9. The number of aromatic hydroxyl groups is 1. The third-order valence-corrected chi connectivity index (χ3v) is 6.23. The molecule has 2 heterocycles. The smallest absolute Gasteiger partial charge is 0.296 e. The molecule has 37 heavy (non-hydrogen) atoms. The van der Waals surface area contributed by atoms with E-state index in [-0.39, 0.29) is 22.7 Å². The Morgan fingerprint density at radius 1 is 0.973 bits per heavy atom. The molecule has 8 heteroatoms. The first-order valence-corrected chi connectivity index (χ1v) is 11.9. The van der Waals surface area contributed by atoms with Crippen LogP contribution < -0.4 is 15.2 Å². The number of amides is 1. The number of amidine groups is 1. The molecule has 4 aromatic rings. The zero-order valence-electron chi connectivity index (χ0n) is 20.8. The van der Waals surface area contributed by atoms with Crippen molar-refractivity contribution in [2.45, 2.75) is 13.8 Å². The Bertz CT molecular complexity index is 1600. The highest BCUT2D eigenvalue weighted by Gasteiger charge is 2.37. The van der Waals surface area contributed by atoms with E-state index in [0.29, 0.717) is 40.7 Å². The number of phenolic OH excluding ortho intramolecular Hbond substituents is 1. The predicted octanol–water partition coefficient (Wildman–Crippen LogP) is 4.42. The summed E-state index contributed by atoms with van der Waals surface area (Å²) in [7, 11) is 1.79. The summed E-state index contributed by atoms with van der Waals surface area (Å²) < 4.78 is 8.76. The van der Waals surface area contributed by atoms with Gasteiger partial charge in [-0.3, -0.25) is 19.2 Å². The summed E-state index contributed by atoms with van der Waals surface area (Å²) in [5, 5.41) is 10.1. The number of aliphatic imine (C=N–C) groups is 1. The number of benzene rings is 3. The number of ether oxygens (including phenoxy) is 1. The summed E-state index contributed by atoms with van der Waals surface area (Å²) in [5.74, 6) is 0.275. The van der Waals surface area contributed by atoms with Gasteiger partial charge in [0.05, 0.1) is 18.0 Å². The van der Waals surface area contributed by atoms with Gasteiger partial charge in [0.1, 0.15) is 17.2 Å². The Hall–Kier alpha value is -4.85. The first-order chi connectivity index (χ1) is 17.9. The van der Waals surface area contributed by atoms with Crippen LogP contribution in [0, 0.1) is 6.92 Å². The number of rotatable bonds is 6. The van der Waals surface area contributed by atoms with Crippen LogP contribution in [0.1, 0.15) is 23.7 Å². The minimum atomic E-state index is -0.420. The number of hydrogen-bond donors (Lipinski definition) is 1. The lowest BCUT2D eigenvalue weighted by atomic mass is 10.1. The van der Waals surface area contributed by atoms with Crippen molar-refractivity contribution >= 4 is 23.5 Å². The van der Waals surface area contributed by atoms with Crippen LogP contribution in [0.15, 0.2) is 94.3 Å². The SMILES string of the molecule is CCOc1cc(C=C2N=C(c3ccccc3)N(c3c(C)n(C)n(-c4ccccc4)c3=O)C2=O)ccc1O. The molecular formula is C29H26N4O4. The summed E-state index contributed by atoms with van der Waals surface area (Å²) in [6.45, 7) is 4.02. The predicted molar refractivity (Wildman–Crippen MR) is 143 cm³/mol. The quantitative estimate of drug-likeness (QED) is 0.402. The maximum absolute atomic E-state index is 13.8. The van der Waals surface area contributed by atoms with Crippen molar-refractivity contribution in [2.75, 3.05) is 11.5 Å². The summed E-state index contributed by atoms with van der Waals surface area (Å²) in [6, 6.07) is 23.4. The lowest BCUT2D eigenvalue weighted by Gasteiger charge is -2.17. The maximum Gasteiger partial charge on any atom is 0.296 e. The zero-order valence-corrected chi connectivity index (χ0v) is 20.8. The Kier molecular flexibility index (Phi) is 6.23. The molecule has 0 atom stereocenters. The molecule has 0 aliphatic carbocycles. The number of hydrogen-bond acceptors (Lipinski definition) is 5. The molecule has 0 unspecified atom stereocenters. The number of nitrogens with zero attached hydrogens (tertiary/aromatic N) is 4. The summed E-state index contributed by atoms with van der Waals surface area (Å²) in [5.41, 5.74) is 2.73. The molecule has 8 nitrogen and oxygen atoms in total. The minimum Gasteiger partial charge on any atom is -0.504 e. The van der Waals surface area contributed by atoms with Gasteiger partial charge in [-0.1, -0.05) is 54.6 Å². The van der Waals surface area contributed by atoms with Gasteiger partial charge in [0, 0.05) is 12.6 Å². The Morgan fingerprint density at radius 3 is 2.32 bits per heavy atom. The van der Waals surface area contributed by atoms with E-state index in [9.17, 15) is 14.7 Å². The zero-order chi connectivity index (χ0) is 26.1. The average molecular weight is 495 g/mol. The van der Waals surface area contributed by atoms with Crippen molar-refractivity contribution in [3.05, 3.63) is 112 Å². The summed E-state index contributed by atoms with van der Waals surface area (Å²) in [4.78, 5) is 33.7. The summed E-state index contributed by atoms with van der Waals surface area (Å²) in [6.07, 6.45) is 1.63. The molecular weight excluding hydrogens is 468 g/mol. The highest BCUT2D eigenvalue weighted by atomic mass is 16.5. The van der Waals surface area contributed by atoms with Crippen LogP contribution in [0.25, 0.3) is 11.8 Å². The number of anilines is 1. The largest absolute Gasteiger partial charge is 0.504 e. The van der Waals surface area contributed by atoms with E-state index >= 15 is 0 Å². The minimum absolute atomic E-state index is 0.0122. The van der Waals surface area contributed by atoms with Crippen LogP contribution in [0.3, 0.4) is 0 Å². The number of para-hydroxylation sites is 1. The number of aromatic nitrogens is 2. The molecule has 0 saturated carbocycles. The highest BCUT2D eigenvalue weighted by molar-refractivity contribution is 6.33. The third kappa shape index (κ3) is 4.23. The molecule has 0 fully saturated rings. The van der Waals surface area contributed by atoms with Crippen LogP contribution in [-0.2, 0) is 11.8 Å². The van der Waals surface area contributed by atoms with E-state index in [0.717, 1.165) is 0 Å². The molecule has 0 spiro atoms. The molecule has 1 aromatic heterocycles. The fourth-order valence-electron chi connectivity index (χ4n) is 4.37. The van der Waals surface area contributed by atoms with E-state index in [1.807, 2.05) is 74.5 Å². The molecule has 1 amide bonds. The topological polar surface area (TPSA) is 89.1 Å². The monoisotopic (exact) mass is 494 g/mol. The van der Waals surface area contributed by atoms with Gasteiger partial charge >= 0.3 is 0 Å². The Labute approximate surface area is 214 Å². The summed E-state index contributed by atoms with van der Waals surface area (Å²) >= 11 is 0. The molecule has 1 N–H and O–H groups in total. The van der Waals surface area contributed by atoms with E-state index < -0.39 is 5.91 Å². The van der Waals surface area contributed by atoms with E-state index in [2.05, 4.69) is 4.99 Å². The number of carbonyl (C=O) groups excluding carboxylic acids is 1. The Balaban J connectivity index is 1.67. The second-order valence-electron chi connectivity index (χ2n) is 8.54. The molecule has 5 rings (SSSR count). The van der Waals surface area contributed by atoms with Crippen molar-refractivity contribution in [3.63, 3.8) is 0 Å². The first kappa shape index (κ1) is 23.9. The second kappa shape index (κ2) is 9.66. The van der Waals surface area contributed by atoms with Gasteiger partial charge in [0.25, 0.3) is 11.5 Å². The normalized spacial score (nSPS) is 14.4. The fourth-order valence-corrected chi connectivity index (χ4v) is 4.37. The molecule has 186 valence electrons. The van der Waals surface area contributed by atoms with Crippen molar-refractivity contribution in [1.29, 1.82) is 0 Å². The average Bonchev–Trinajstić information content (AvgIpc) is 3.33. The van der Waals surface area contributed by atoms with Crippen LogP contribution in [0.5, 0.6) is 11.5 Å². The van der Waals surface area contributed by atoms with Crippen molar-refractivity contribution in [3.8, 4) is 17.2 Å². The molecule has 0 saturated heterocycles. The van der Waals surface area contributed by atoms with Crippen LogP contribution in [0.2, 0.25) is 0 Å². The molecule has 1 aliphatic rings. The second-order valence-corrected chi connectivity index (χ2v) is 8.54. The van der Waals surface area contributed by atoms with Crippen LogP contribution in [0.4, 0.5) is 5.69 Å². The lowest BCUT2D eigenvalue weighted by Crippen LogP contribution is -2.36. The standard InChI is InChI=1S/C29H26N4O4/c1-4-37-25-18-20(15-16-24(25)34)17-23-28(35)32(27(30-23)21-11-7-5-8-12-21)26-19(2)31(3)33(29(26)36)22-13-9-6-10-14-22/h5-18,34H,4H2,1-3H3. The number of carbonyl (C=O) groups is 1. The van der Waals surface area contributed by atoms with Crippen molar-refractivity contribution in [2.24, 2.45) is 12.0 Å². The van der Waals surface area contributed by atoms with E-state index in [1.54, 1.807) is 29.9 Å².